The van der Waals surface area contributed by atoms with Gasteiger partial charge in [-0.05, 0) is 22.0 Å². The van der Waals surface area contributed by atoms with Crippen molar-refractivity contribution in [2.45, 2.75) is 12.0 Å². The van der Waals surface area contributed by atoms with Crippen molar-refractivity contribution in [1.29, 1.82) is 0 Å². The number of carbonyl (C=O) groups is 1. The predicted molar refractivity (Wildman–Crippen MR) is 65.8 cm³/mol. The van der Waals surface area contributed by atoms with Crippen LogP contribution in [0.5, 0.6) is 0 Å². The Morgan fingerprint density at radius 3 is 3.17 bits per heavy atom. The van der Waals surface area contributed by atoms with Crippen LogP contribution in [0.2, 0.25) is 0 Å². The maximum absolute atomic E-state index is 10.7. The first kappa shape index (κ1) is 13.4. The SMILES string of the molecule is O=C(O)COC1(c2ccncc2Br)CCONC1. The third kappa shape index (κ3) is 2.86. The third-order valence-electron chi connectivity index (χ3n) is 2.80. The average molecular weight is 317 g/mol. The summed E-state index contributed by atoms with van der Waals surface area (Å²) in [6, 6.07) is 1.82. The molecule has 1 aromatic heterocycles. The minimum Gasteiger partial charge on any atom is -0.480 e. The molecule has 1 atom stereocenters. The van der Waals surface area contributed by atoms with E-state index in [1.807, 2.05) is 6.07 Å². The molecule has 2 rings (SSSR count). The van der Waals surface area contributed by atoms with Crippen molar-refractivity contribution < 1.29 is 19.5 Å². The lowest BCUT2D eigenvalue weighted by Crippen LogP contribution is -2.47. The van der Waals surface area contributed by atoms with Crippen LogP contribution >= 0.6 is 15.9 Å². The van der Waals surface area contributed by atoms with Crippen LogP contribution < -0.4 is 5.48 Å². The molecule has 1 aliphatic heterocycles. The lowest BCUT2D eigenvalue weighted by molar-refractivity contribution is -0.165. The molecule has 18 heavy (non-hydrogen) atoms. The van der Waals surface area contributed by atoms with Crippen molar-refractivity contribution in [1.82, 2.24) is 10.5 Å². The lowest BCUT2D eigenvalue weighted by Gasteiger charge is -2.37. The summed E-state index contributed by atoms with van der Waals surface area (Å²) in [7, 11) is 0. The highest BCUT2D eigenvalue weighted by molar-refractivity contribution is 9.10. The topological polar surface area (TPSA) is 80.7 Å². The number of hydroxylamine groups is 1. The number of hydrogen-bond donors (Lipinski definition) is 2. The Bertz CT molecular complexity index is 435. The zero-order chi connectivity index (χ0) is 13.0. The molecule has 1 unspecified atom stereocenters. The molecule has 98 valence electrons. The van der Waals surface area contributed by atoms with Gasteiger partial charge in [0.25, 0.3) is 0 Å². The molecular weight excluding hydrogens is 304 g/mol. The van der Waals surface area contributed by atoms with Gasteiger partial charge in [0.15, 0.2) is 0 Å². The fraction of sp³-hybridized carbons (Fsp3) is 0.455. The highest BCUT2D eigenvalue weighted by atomic mass is 79.9. The van der Waals surface area contributed by atoms with E-state index in [2.05, 4.69) is 26.4 Å². The van der Waals surface area contributed by atoms with Crippen LogP contribution in [0.4, 0.5) is 0 Å². The molecular formula is C11H13BrN2O4. The number of carboxylic acids is 1. The molecule has 1 fully saturated rings. The van der Waals surface area contributed by atoms with Gasteiger partial charge in [0.2, 0.25) is 0 Å². The van der Waals surface area contributed by atoms with Crippen molar-refractivity contribution in [3.63, 3.8) is 0 Å². The Kier molecular flexibility index (Phi) is 4.28. The van der Waals surface area contributed by atoms with Crippen molar-refractivity contribution in [3.8, 4) is 0 Å². The van der Waals surface area contributed by atoms with Crippen molar-refractivity contribution >= 4 is 21.9 Å². The van der Waals surface area contributed by atoms with E-state index in [1.165, 1.54) is 0 Å². The number of nitrogens with one attached hydrogen (secondary N) is 1. The van der Waals surface area contributed by atoms with Crippen LogP contribution in [0.1, 0.15) is 12.0 Å². The molecule has 2 N–H and O–H groups in total. The summed E-state index contributed by atoms with van der Waals surface area (Å²) in [5.74, 6) is -0.994. The second kappa shape index (κ2) is 5.75. The number of aliphatic carboxylic acids is 1. The van der Waals surface area contributed by atoms with Gasteiger partial charge in [0.05, 0.1) is 13.2 Å². The summed E-state index contributed by atoms with van der Waals surface area (Å²) in [6.07, 6.45) is 3.90. The van der Waals surface area contributed by atoms with Crippen molar-refractivity contribution in [2.75, 3.05) is 19.8 Å². The van der Waals surface area contributed by atoms with Crippen LogP contribution in [0.15, 0.2) is 22.9 Å². The van der Waals surface area contributed by atoms with E-state index in [1.54, 1.807) is 12.4 Å². The van der Waals surface area contributed by atoms with Gasteiger partial charge >= 0.3 is 5.97 Å². The Morgan fingerprint density at radius 1 is 1.72 bits per heavy atom. The highest BCUT2D eigenvalue weighted by Gasteiger charge is 2.37. The summed E-state index contributed by atoms with van der Waals surface area (Å²) in [5, 5.41) is 8.77. The number of hydrogen-bond acceptors (Lipinski definition) is 5. The van der Waals surface area contributed by atoms with E-state index in [4.69, 9.17) is 14.7 Å². The molecule has 0 amide bonds. The number of nitrogens with zero attached hydrogens (tertiary/aromatic N) is 1. The average Bonchev–Trinajstić information content (AvgIpc) is 2.38. The third-order valence-corrected chi connectivity index (χ3v) is 3.43. The standard InChI is InChI=1S/C11H13BrN2O4/c12-9-5-13-3-1-8(9)11(17-6-10(15)16)2-4-18-14-7-11/h1,3,5,14H,2,4,6-7H2,(H,15,16). The minimum absolute atomic E-state index is 0.351. The van der Waals surface area contributed by atoms with E-state index >= 15 is 0 Å². The van der Waals surface area contributed by atoms with Gasteiger partial charge in [-0.25, -0.2) is 4.79 Å². The predicted octanol–water partition coefficient (Wildman–Crippen LogP) is 1.07. The number of carboxylic acid groups (broad SMARTS) is 1. The first-order valence-corrected chi connectivity index (χ1v) is 6.24. The second-order valence-corrected chi connectivity index (χ2v) is 4.81. The summed E-state index contributed by atoms with van der Waals surface area (Å²) in [4.78, 5) is 19.8. The van der Waals surface area contributed by atoms with Crippen LogP contribution in [-0.4, -0.2) is 35.8 Å². The highest BCUT2D eigenvalue weighted by Crippen LogP contribution is 2.35. The van der Waals surface area contributed by atoms with E-state index in [0.717, 1.165) is 10.0 Å². The second-order valence-electron chi connectivity index (χ2n) is 3.95. The first-order chi connectivity index (χ1) is 8.64. The van der Waals surface area contributed by atoms with Crippen LogP contribution in [-0.2, 0) is 20.0 Å². The lowest BCUT2D eigenvalue weighted by atomic mass is 9.90. The Balaban J connectivity index is 2.29. The number of ether oxygens (including phenoxy) is 1. The molecule has 1 aliphatic rings. The fourth-order valence-electron chi connectivity index (χ4n) is 1.92. The van der Waals surface area contributed by atoms with Crippen molar-refractivity contribution in [3.05, 3.63) is 28.5 Å². The monoisotopic (exact) mass is 316 g/mol. The van der Waals surface area contributed by atoms with E-state index in [9.17, 15) is 4.79 Å². The number of aromatic nitrogens is 1. The largest absolute Gasteiger partial charge is 0.480 e. The Hall–Kier alpha value is -1.02. The number of rotatable bonds is 4. The molecule has 1 saturated heterocycles. The maximum atomic E-state index is 10.7. The van der Waals surface area contributed by atoms with Gasteiger partial charge in [-0.2, -0.15) is 5.48 Å². The maximum Gasteiger partial charge on any atom is 0.329 e. The van der Waals surface area contributed by atoms with Crippen molar-refractivity contribution in [2.24, 2.45) is 0 Å². The molecule has 0 spiro atoms. The van der Waals surface area contributed by atoms with Gasteiger partial charge in [-0.3, -0.25) is 4.98 Å². The zero-order valence-corrected chi connectivity index (χ0v) is 11.1. The Morgan fingerprint density at radius 2 is 2.56 bits per heavy atom. The van der Waals surface area contributed by atoms with Crippen LogP contribution in [0.3, 0.4) is 0 Å². The fourth-order valence-corrected chi connectivity index (χ4v) is 2.53. The molecule has 6 nitrogen and oxygen atoms in total. The first-order valence-electron chi connectivity index (χ1n) is 5.44. The summed E-state index contributed by atoms with van der Waals surface area (Å²) in [6.45, 7) is 0.494. The Labute approximate surface area is 112 Å². The minimum atomic E-state index is -0.994. The number of halogens is 1. The molecule has 7 heteroatoms. The summed E-state index contributed by atoms with van der Waals surface area (Å²) in [5.41, 5.74) is 2.93. The quantitative estimate of drug-likeness (QED) is 0.864. The van der Waals surface area contributed by atoms with E-state index in [-0.39, 0.29) is 6.61 Å². The van der Waals surface area contributed by atoms with Crippen LogP contribution in [0.25, 0.3) is 0 Å². The smallest absolute Gasteiger partial charge is 0.329 e. The molecule has 0 saturated carbocycles. The van der Waals surface area contributed by atoms with E-state index < -0.39 is 11.6 Å². The summed E-state index contributed by atoms with van der Waals surface area (Å²) >= 11 is 3.42. The van der Waals surface area contributed by atoms with E-state index in [0.29, 0.717) is 19.6 Å². The summed E-state index contributed by atoms with van der Waals surface area (Å²) < 4.78 is 6.39. The number of pyridine rings is 1. The normalized spacial score (nSPS) is 23.8. The van der Waals surface area contributed by atoms with Crippen LogP contribution in [0, 0.1) is 0 Å². The molecule has 0 aliphatic carbocycles. The molecule has 0 radical (unpaired) electrons. The van der Waals surface area contributed by atoms with Gasteiger partial charge in [-0.1, -0.05) is 0 Å². The zero-order valence-electron chi connectivity index (χ0n) is 9.56. The molecule has 1 aromatic rings. The van der Waals surface area contributed by atoms with Gasteiger partial charge < -0.3 is 14.7 Å². The van der Waals surface area contributed by atoms with Gasteiger partial charge in [0, 0.05) is 28.9 Å². The van der Waals surface area contributed by atoms with Gasteiger partial charge in [-0.15, -0.1) is 0 Å². The molecule has 0 bridgehead atoms. The molecule has 2 heterocycles. The molecule has 0 aromatic carbocycles. The van der Waals surface area contributed by atoms with Gasteiger partial charge in [0.1, 0.15) is 12.2 Å².